The monoisotopic (exact) mass is 474 g/mol. The molecule has 8 nitrogen and oxygen atoms in total. The van der Waals surface area contributed by atoms with Crippen molar-refractivity contribution in [3.05, 3.63) is 59.7 Å². The zero-order chi connectivity index (χ0) is 24.8. The minimum Gasteiger partial charge on any atom is -0.381 e. The molecule has 0 bridgehead atoms. The Morgan fingerprint density at radius 1 is 1.21 bits per heavy atom. The molecule has 186 valence electrons. The van der Waals surface area contributed by atoms with E-state index in [1.54, 1.807) is 18.2 Å². The van der Waals surface area contributed by atoms with Crippen LogP contribution in [0.3, 0.4) is 0 Å². The number of ether oxygens (including phenoxy) is 2. The van der Waals surface area contributed by atoms with Crippen LogP contribution in [-0.4, -0.2) is 55.3 Å². The zero-order valence-electron chi connectivity index (χ0n) is 19.9. The molecule has 1 aromatic heterocycles. The van der Waals surface area contributed by atoms with E-state index in [2.05, 4.69) is 15.6 Å². The van der Waals surface area contributed by atoms with Crippen LogP contribution in [0.25, 0.3) is 0 Å². The number of halogens is 1. The fourth-order valence-corrected chi connectivity index (χ4v) is 3.21. The van der Waals surface area contributed by atoms with Crippen LogP contribution < -0.4 is 16.4 Å². The van der Waals surface area contributed by atoms with Crippen molar-refractivity contribution < 1.29 is 23.5 Å². The van der Waals surface area contributed by atoms with Crippen LogP contribution in [0.15, 0.2) is 42.6 Å². The Bertz CT molecular complexity index is 895. The predicted molar refractivity (Wildman–Crippen MR) is 129 cm³/mol. The van der Waals surface area contributed by atoms with E-state index in [-0.39, 0.29) is 29.4 Å². The summed E-state index contributed by atoms with van der Waals surface area (Å²) in [6.07, 6.45) is 4.29. The summed E-state index contributed by atoms with van der Waals surface area (Å²) in [5.74, 6) is -0.639. The van der Waals surface area contributed by atoms with Crippen molar-refractivity contribution >= 4 is 17.5 Å². The van der Waals surface area contributed by atoms with Gasteiger partial charge in [0.15, 0.2) is 0 Å². The zero-order valence-corrected chi connectivity index (χ0v) is 19.9. The van der Waals surface area contributed by atoms with Crippen molar-refractivity contribution in [1.29, 1.82) is 0 Å². The molecular formula is C25H35FN4O4. The van der Waals surface area contributed by atoms with E-state index in [1.165, 1.54) is 18.3 Å². The lowest BCUT2D eigenvalue weighted by Gasteiger charge is -2.12. The van der Waals surface area contributed by atoms with Gasteiger partial charge in [0.05, 0.1) is 6.10 Å². The van der Waals surface area contributed by atoms with E-state index in [9.17, 15) is 14.0 Å². The van der Waals surface area contributed by atoms with Crippen LogP contribution in [0, 0.1) is 12.7 Å². The van der Waals surface area contributed by atoms with Gasteiger partial charge in [0.2, 0.25) is 0 Å². The summed E-state index contributed by atoms with van der Waals surface area (Å²) >= 11 is 0. The third-order valence-corrected chi connectivity index (χ3v) is 5.01. The van der Waals surface area contributed by atoms with Crippen LogP contribution in [-0.2, 0) is 14.3 Å². The quantitative estimate of drug-likeness (QED) is 0.456. The van der Waals surface area contributed by atoms with Gasteiger partial charge in [-0.05, 0) is 75.9 Å². The van der Waals surface area contributed by atoms with Crippen LogP contribution in [0.2, 0.25) is 0 Å². The maximum atomic E-state index is 12.2. The number of carbonyl (C=O) groups is 2. The fraction of sp³-hybridized carbons (Fsp3) is 0.480. The number of anilines is 1. The molecule has 1 saturated heterocycles. The summed E-state index contributed by atoms with van der Waals surface area (Å²) in [5, 5.41) is 5.57. The number of carbonyl (C=O) groups excluding carboxylic acids is 2. The highest BCUT2D eigenvalue weighted by Gasteiger charge is 2.28. The third kappa shape index (κ3) is 10.4. The first kappa shape index (κ1) is 27.4. The lowest BCUT2D eigenvalue weighted by atomic mass is 10.2. The van der Waals surface area contributed by atoms with Gasteiger partial charge in [-0.3, -0.25) is 14.6 Å². The average molecular weight is 475 g/mol. The Hall–Kier alpha value is -2.88. The summed E-state index contributed by atoms with van der Waals surface area (Å²) in [4.78, 5) is 28.4. The molecular weight excluding hydrogens is 439 g/mol. The van der Waals surface area contributed by atoms with E-state index in [1.807, 2.05) is 19.9 Å². The summed E-state index contributed by atoms with van der Waals surface area (Å²) in [6, 6.07) is 9.71. The van der Waals surface area contributed by atoms with E-state index in [0.717, 1.165) is 18.4 Å². The summed E-state index contributed by atoms with van der Waals surface area (Å²) in [6.45, 7) is 6.13. The molecule has 2 aromatic rings. The SMILES string of the molecule is CC1CCC(C(=O)Nc2ccnc(C(=O)NCCCOCCCN)c2)O1.Cc1cccc(F)c1. The number of aromatic nitrogens is 1. The first-order chi connectivity index (χ1) is 16.4. The Labute approximate surface area is 200 Å². The average Bonchev–Trinajstić information content (AvgIpc) is 3.25. The molecule has 1 aromatic carbocycles. The highest BCUT2D eigenvalue weighted by Crippen LogP contribution is 2.20. The van der Waals surface area contributed by atoms with E-state index in [4.69, 9.17) is 15.2 Å². The van der Waals surface area contributed by atoms with Gasteiger partial charge in [-0.15, -0.1) is 0 Å². The number of rotatable bonds is 10. The summed E-state index contributed by atoms with van der Waals surface area (Å²) < 4.78 is 23.1. The molecule has 1 fully saturated rings. The molecule has 9 heteroatoms. The fourth-order valence-electron chi connectivity index (χ4n) is 3.21. The van der Waals surface area contributed by atoms with Gasteiger partial charge in [0, 0.05) is 31.6 Å². The van der Waals surface area contributed by atoms with Gasteiger partial charge in [0.1, 0.15) is 17.6 Å². The topological polar surface area (TPSA) is 116 Å². The van der Waals surface area contributed by atoms with Crippen LogP contribution in [0.4, 0.5) is 10.1 Å². The Morgan fingerprint density at radius 2 is 2.00 bits per heavy atom. The number of nitrogens with one attached hydrogen (secondary N) is 2. The number of nitrogens with zero attached hydrogens (tertiary/aromatic N) is 1. The summed E-state index contributed by atoms with van der Waals surface area (Å²) in [7, 11) is 0. The van der Waals surface area contributed by atoms with Crippen molar-refractivity contribution in [3.8, 4) is 0 Å². The second-order valence-corrected chi connectivity index (χ2v) is 8.09. The van der Waals surface area contributed by atoms with Gasteiger partial charge < -0.3 is 25.8 Å². The maximum Gasteiger partial charge on any atom is 0.269 e. The normalized spacial score (nSPS) is 16.9. The molecule has 0 spiro atoms. The Balaban J connectivity index is 0.000000430. The molecule has 0 saturated carbocycles. The number of amides is 2. The minimum atomic E-state index is -0.435. The first-order valence-electron chi connectivity index (χ1n) is 11.6. The van der Waals surface area contributed by atoms with Crippen LogP contribution >= 0.6 is 0 Å². The smallest absolute Gasteiger partial charge is 0.269 e. The molecule has 2 amide bonds. The van der Waals surface area contributed by atoms with Gasteiger partial charge >= 0.3 is 0 Å². The van der Waals surface area contributed by atoms with Crippen molar-refractivity contribution in [2.24, 2.45) is 5.73 Å². The molecule has 0 aliphatic carbocycles. The highest BCUT2D eigenvalue weighted by atomic mass is 19.1. The van der Waals surface area contributed by atoms with Gasteiger partial charge in [-0.1, -0.05) is 12.1 Å². The predicted octanol–water partition coefficient (Wildman–Crippen LogP) is 3.21. The molecule has 2 unspecified atom stereocenters. The minimum absolute atomic E-state index is 0.101. The molecule has 1 aliphatic rings. The molecule has 1 aliphatic heterocycles. The van der Waals surface area contributed by atoms with Gasteiger partial charge in [0.25, 0.3) is 11.8 Å². The largest absolute Gasteiger partial charge is 0.381 e. The van der Waals surface area contributed by atoms with Crippen LogP contribution in [0.1, 0.15) is 48.7 Å². The van der Waals surface area contributed by atoms with E-state index in [0.29, 0.717) is 44.8 Å². The Kier molecular flexibility index (Phi) is 12.2. The van der Waals surface area contributed by atoms with Crippen LogP contribution in [0.5, 0.6) is 0 Å². The van der Waals surface area contributed by atoms with E-state index >= 15 is 0 Å². The number of pyridine rings is 1. The molecule has 34 heavy (non-hydrogen) atoms. The summed E-state index contributed by atoms with van der Waals surface area (Å²) in [5.41, 5.74) is 7.13. The standard InChI is InChI=1S/C18H28N4O4.C7H7F/c1-13-4-5-16(26-13)18(24)22-14-6-9-20-15(12-14)17(23)21-8-3-11-25-10-2-7-19;1-6-3-2-4-7(8)5-6/h6,9,12-13,16H,2-5,7-8,10-11,19H2,1H3,(H,21,23)(H,20,22,24);2-5H,1H3. The first-order valence-corrected chi connectivity index (χ1v) is 11.6. The van der Waals surface area contributed by atoms with Crippen molar-refractivity contribution in [1.82, 2.24) is 10.3 Å². The lowest BCUT2D eigenvalue weighted by Crippen LogP contribution is -2.28. The third-order valence-electron chi connectivity index (χ3n) is 5.01. The number of benzene rings is 1. The molecule has 3 rings (SSSR count). The van der Waals surface area contributed by atoms with Crippen molar-refractivity contribution in [3.63, 3.8) is 0 Å². The molecule has 2 heterocycles. The number of aryl methyl sites for hydroxylation is 1. The van der Waals surface area contributed by atoms with E-state index < -0.39 is 6.10 Å². The maximum absolute atomic E-state index is 12.2. The highest BCUT2D eigenvalue weighted by molar-refractivity contribution is 5.97. The molecule has 0 radical (unpaired) electrons. The molecule has 2 atom stereocenters. The number of hydrogen-bond donors (Lipinski definition) is 3. The lowest BCUT2D eigenvalue weighted by molar-refractivity contribution is -0.126. The second-order valence-electron chi connectivity index (χ2n) is 8.09. The second kappa shape index (κ2) is 15.1. The molecule has 4 N–H and O–H groups in total. The van der Waals surface area contributed by atoms with Crippen molar-refractivity contribution in [2.45, 2.75) is 51.7 Å². The van der Waals surface area contributed by atoms with Crippen molar-refractivity contribution in [2.75, 3.05) is 31.6 Å². The van der Waals surface area contributed by atoms with Gasteiger partial charge in [-0.2, -0.15) is 0 Å². The van der Waals surface area contributed by atoms with Gasteiger partial charge in [-0.25, -0.2) is 4.39 Å². The number of hydrogen-bond acceptors (Lipinski definition) is 6. The number of nitrogens with two attached hydrogens (primary N) is 1. The Morgan fingerprint density at radius 3 is 2.65 bits per heavy atom.